The summed E-state index contributed by atoms with van der Waals surface area (Å²) in [6.45, 7) is 5.34. The van der Waals surface area contributed by atoms with Crippen molar-refractivity contribution in [2.75, 3.05) is 20.3 Å². The summed E-state index contributed by atoms with van der Waals surface area (Å²) >= 11 is 3.52. The number of methoxy groups -OCH3 is 1. The summed E-state index contributed by atoms with van der Waals surface area (Å²) in [5.74, 6) is 1.97. The highest BCUT2D eigenvalue weighted by Crippen LogP contribution is 2.28. The number of ether oxygens (including phenoxy) is 3. The molecule has 0 aliphatic carbocycles. The van der Waals surface area contributed by atoms with Crippen LogP contribution in [0.25, 0.3) is 0 Å². The van der Waals surface area contributed by atoms with Gasteiger partial charge in [0.15, 0.2) is 11.5 Å². The van der Waals surface area contributed by atoms with E-state index in [2.05, 4.69) is 46.4 Å². The molecule has 0 atom stereocenters. The molecular weight excluding hydrogens is 460 g/mol. The molecule has 0 spiro atoms. The highest BCUT2D eigenvalue weighted by molar-refractivity contribution is 9.10. The first-order chi connectivity index (χ1) is 15.1. The Morgan fingerprint density at radius 2 is 1.77 bits per heavy atom. The summed E-state index contributed by atoms with van der Waals surface area (Å²) in [7, 11) is 1.60. The lowest BCUT2D eigenvalue weighted by molar-refractivity contribution is -0.121. The third-order valence-corrected chi connectivity index (χ3v) is 5.18. The zero-order valence-corrected chi connectivity index (χ0v) is 20.0. The summed E-state index contributed by atoms with van der Waals surface area (Å²) in [4.78, 5) is 12.0. The van der Waals surface area contributed by atoms with Gasteiger partial charge in [0, 0.05) is 6.42 Å². The van der Waals surface area contributed by atoms with Crippen LogP contribution in [0.5, 0.6) is 17.2 Å². The Hall–Kier alpha value is -2.54. The van der Waals surface area contributed by atoms with E-state index in [0.717, 1.165) is 35.0 Å². The van der Waals surface area contributed by atoms with E-state index in [-0.39, 0.29) is 5.91 Å². The maximum Gasteiger partial charge on any atom is 0.240 e. The van der Waals surface area contributed by atoms with E-state index in [9.17, 15) is 4.79 Å². The normalized spacial score (nSPS) is 10.8. The van der Waals surface area contributed by atoms with Crippen LogP contribution in [0.4, 0.5) is 0 Å². The van der Waals surface area contributed by atoms with E-state index >= 15 is 0 Å². The predicted molar refractivity (Wildman–Crippen MR) is 127 cm³/mol. The molecule has 1 N–H and O–H groups in total. The van der Waals surface area contributed by atoms with Crippen LogP contribution < -0.4 is 19.6 Å². The van der Waals surface area contributed by atoms with E-state index in [1.807, 2.05) is 30.3 Å². The van der Waals surface area contributed by atoms with Gasteiger partial charge < -0.3 is 14.2 Å². The van der Waals surface area contributed by atoms with Crippen molar-refractivity contribution in [2.24, 2.45) is 5.10 Å². The van der Waals surface area contributed by atoms with Gasteiger partial charge >= 0.3 is 0 Å². The first kappa shape index (κ1) is 24.7. The molecule has 31 heavy (non-hydrogen) atoms. The van der Waals surface area contributed by atoms with Gasteiger partial charge in [-0.25, -0.2) is 5.43 Å². The number of hydrogen-bond acceptors (Lipinski definition) is 5. The van der Waals surface area contributed by atoms with Gasteiger partial charge in [-0.1, -0.05) is 26.3 Å². The molecule has 0 unspecified atom stereocenters. The molecule has 2 aromatic carbocycles. The fourth-order valence-corrected chi connectivity index (χ4v) is 3.28. The largest absolute Gasteiger partial charge is 0.493 e. The zero-order chi connectivity index (χ0) is 22.5. The number of aryl methyl sites for hydroxylation is 1. The van der Waals surface area contributed by atoms with Crippen molar-refractivity contribution < 1.29 is 19.0 Å². The monoisotopic (exact) mass is 490 g/mol. The van der Waals surface area contributed by atoms with Crippen molar-refractivity contribution in [3.63, 3.8) is 0 Å². The van der Waals surface area contributed by atoms with Gasteiger partial charge in [-0.15, -0.1) is 0 Å². The summed E-state index contributed by atoms with van der Waals surface area (Å²) in [6, 6.07) is 11.6. The third-order valence-electron chi connectivity index (χ3n) is 4.56. The van der Waals surface area contributed by atoms with Gasteiger partial charge in [0.2, 0.25) is 5.91 Å². The Balaban J connectivity index is 1.74. The minimum atomic E-state index is -0.160. The maximum atomic E-state index is 12.0. The topological polar surface area (TPSA) is 69.2 Å². The molecule has 2 aromatic rings. The predicted octanol–water partition coefficient (Wildman–Crippen LogP) is 5.51. The van der Waals surface area contributed by atoms with Crippen molar-refractivity contribution in [1.82, 2.24) is 5.43 Å². The number of carbonyl (C=O) groups is 1. The minimum absolute atomic E-state index is 0.160. The van der Waals surface area contributed by atoms with Crippen molar-refractivity contribution in [3.05, 3.63) is 52.0 Å². The quantitative estimate of drug-likeness (QED) is 0.228. The van der Waals surface area contributed by atoms with Gasteiger partial charge in [-0.3, -0.25) is 4.79 Å². The average molecular weight is 491 g/mol. The summed E-state index contributed by atoms with van der Waals surface area (Å²) in [5, 5.41) is 4.02. The van der Waals surface area contributed by atoms with Crippen LogP contribution in [0.1, 0.15) is 50.7 Å². The van der Waals surface area contributed by atoms with Crippen LogP contribution in [0.15, 0.2) is 46.0 Å². The Bertz CT molecular complexity index is 871. The number of unbranched alkanes of at least 4 members (excludes halogenated alkanes) is 1. The molecule has 0 aromatic heterocycles. The van der Waals surface area contributed by atoms with E-state index in [1.54, 1.807) is 13.3 Å². The molecule has 1 amide bonds. The molecule has 0 fully saturated rings. The Morgan fingerprint density at radius 1 is 1.03 bits per heavy atom. The Morgan fingerprint density at radius 3 is 2.48 bits per heavy atom. The molecule has 0 aliphatic heterocycles. The van der Waals surface area contributed by atoms with Crippen molar-refractivity contribution in [2.45, 2.75) is 46.0 Å². The number of halogens is 1. The third kappa shape index (κ3) is 8.61. The van der Waals surface area contributed by atoms with Crippen LogP contribution in [-0.4, -0.2) is 32.4 Å². The molecule has 0 aliphatic rings. The molecule has 0 saturated heterocycles. The van der Waals surface area contributed by atoms with Gasteiger partial charge in [0.1, 0.15) is 5.75 Å². The fourth-order valence-electron chi connectivity index (χ4n) is 2.74. The lowest BCUT2D eigenvalue weighted by atomic mass is 10.2. The lowest BCUT2D eigenvalue weighted by Gasteiger charge is -2.10. The number of benzene rings is 2. The minimum Gasteiger partial charge on any atom is -0.493 e. The molecular formula is C24H31BrN2O4. The van der Waals surface area contributed by atoms with E-state index in [1.165, 1.54) is 5.56 Å². The van der Waals surface area contributed by atoms with Crippen molar-refractivity contribution >= 4 is 28.1 Å². The van der Waals surface area contributed by atoms with Crippen molar-refractivity contribution in [1.29, 1.82) is 0 Å². The van der Waals surface area contributed by atoms with E-state index in [0.29, 0.717) is 37.6 Å². The molecule has 7 heteroatoms. The Kier molecular flexibility index (Phi) is 10.9. The summed E-state index contributed by atoms with van der Waals surface area (Å²) < 4.78 is 17.8. The smallest absolute Gasteiger partial charge is 0.240 e. The van der Waals surface area contributed by atoms with Crippen LogP contribution in [-0.2, 0) is 11.2 Å². The van der Waals surface area contributed by atoms with Gasteiger partial charge in [-0.05, 0) is 76.7 Å². The highest BCUT2D eigenvalue weighted by Gasteiger charge is 2.06. The number of nitrogens with zero attached hydrogens (tertiary/aromatic N) is 1. The number of carbonyl (C=O) groups excluding carboxylic acids is 1. The standard InChI is InChI=1S/C24H31BrN2O4/c1-4-6-13-31-22-12-10-19(16-23(22)29-3)17-26-27-24(28)8-7-14-30-21-11-9-18(5-2)15-20(21)25/h9-12,15-17H,4-8,13-14H2,1-3H3,(H,27,28)/b26-17+. The zero-order valence-electron chi connectivity index (χ0n) is 18.4. The fraction of sp³-hybridized carbons (Fsp3) is 0.417. The lowest BCUT2D eigenvalue weighted by Crippen LogP contribution is -2.18. The number of hydrazone groups is 1. The van der Waals surface area contributed by atoms with E-state index < -0.39 is 0 Å². The molecule has 0 radical (unpaired) electrons. The molecule has 168 valence electrons. The van der Waals surface area contributed by atoms with Gasteiger partial charge in [0.25, 0.3) is 0 Å². The first-order valence-corrected chi connectivity index (χ1v) is 11.4. The van der Waals surface area contributed by atoms with Crippen LogP contribution in [0.2, 0.25) is 0 Å². The van der Waals surface area contributed by atoms with E-state index in [4.69, 9.17) is 14.2 Å². The number of rotatable bonds is 13. The summed E-state index contributed by atoms with van der Waals surface area (Å²) in [5.41, 5.74) is 4.60. The average Bonchev–Trinajstić information content (AvgIpc) is 2.78. The molecule has 0 heterocycles. The van der Waals surface area contributed by atoms with Crippen LogP contribution in [0.3, 0.4) is 0 Å². The molecule has 2 rings (SSSR count). The molecule has 0 saturated carbocycles. The summed E-state index contributed by atoms with van der Waals surface area (Å²) in [6.07, 6.45) is 5.55. The molecule has 0 bridgehead atoms. The molecule has 6 nitrogen and oxygen atoms in total. The Labute approximate surface area is 193 Å². The SMILES string of the molecule is CCCCOc1ccc(/C=N/NC(=O)CCCOc2ccc(CC)cc2Br)cc1OC. The van der Waals surface area contributed by atoms with Gasteiger partial charge in [-0.2, -0.15) is 5.10 Å². The highest BCUT2D eigenvalue weighted by atomic mass is 79.9. The van der Waals surface area contributed by atoms with Crippen molar-refractivity contribution in [3.8, 4) is 17.2 Å². The number of amides is 1. The second-order valence-electron chi connectivity index (χ2n) is 6.98. The second-order valence-corrected chi connectivity index (χ2v) is 7.83. The van der Waals surface area contributed by atoms with Gasteiger partial charge in [0.05, 0.1) is 31.0 Å². The van der Waals surface area contributed by atoms with Crippen LogP contribution >= 0.6 is 15.9 Å². The first-order valence-electron chi connectivity index (χ1n) is 10.6. The van der Waals surface area contributed by atoms with Crippen LogP contribution in [0, 0.1) is 0 Å². The number of hydrogen-bond donors (Lipinski definition) is 1. The maximum absolute atomic E-state index is 12.0. The number of nitrogens with one attached hydrogen (secondary N) is 1. The second kappa shape index (κ2) is 13.7.